The molecular formula is C14H17Br. The fourth-order valence-corrected chi connectivity index (χ4v) is 3.88. The fourth-order valence-electron chi connectivity index (χ4n) is 3.52. The summed E-state index contributed by atoms with van der Waals surface area (Å²) in [5.41, 5.74) is 3.84. The number of hydrogen-bond donors (Lipinski definition) is 0. The molecule has 0 heterocycles. The molecule has 1 spiro atoms. The molecule has 1 heteroatoms. The van der Waals surface area contributed by atoms with Crippen molar-refractivity contribution in [3.05, 3.63) is 33.8 Å². The minimum absolute atomic E-state index is 0.567. The Balaban J connectivity index is 2.05. The highest BCUT2D eigenvalue weighted by Crippen LogP contribution is 2.49. The number of benzene rings is 1. The molecule has 0 nitrogen and oxygen atoms in total. The van der Waals surface area contributed by atoms with Gasteiger partial charge in [0.05, 0.1) is 0 Å². The second-order valence-electron chi connectivity index (χ2n) is 5.14. The molecule has 2 aliphatic rings. The van der Waals surface area contributed by atoms with Crippen LogP contribution < -0.4 is 0 Å². The molecule has 0 radical (unpaired) electrons. The van der Waals surface area contributed by atoms with Crippen LogP contribution in [0.5, 0.6) is 0 Å². The van der Waals surface area contributed by atoms with Crippen LogP contribution in [0.4, 0.5) is 0 Å². The van der Waals surface area contributed by atoms with Gasteiger partial charge in [0, 0.05) is 4.47 Å². The maximum absolute atomic E-state index is 3.61. The highest BCUT2D eigenvalue weighted by Gasteiger charge is 2.39. The highest BCUT2D eigenvalue weighted by atomic mass is 79.9. The summed E-state index contributed by atoms with van der Waals surface area (Å²) in [6.45, 7) is 0. The molecule has 0 aliphatic heterocycles. The molecule has 0 saturated heterocycles. The predicted molar refractivity (Wildman–Crippen MR) is 67.2 cm³/mol. The number of fused-ring (bicyclic) bond motifs is 2. The van der Waals surface area contributed by atoms with E-state index in [1.54, 1.807) is 11.1 Å². The Labute approximate surface area is 100 Å². The Bertz CT molecular complexity index is 369. The van der Waals surface area contributed by atoms with E-state index >= 15 is 0 Å². The molecule has 0 unspecified atom stereocenters. The van der Waals surface area contributed by atoms with Crippen molar-refractivity contribution in [1.82, 2.24) is 0 Å². The molecule has 1 saturated carbocycles. The van der Waals surface area contributed by atoms with Crippen molar-refractivity contribution in [2.45, 2.75) is 50.4 Å². The number of halogens is 1. The molecule has 80 valence electrons. The first-order valence-electron chi connectivity index (χ1n) is 6.09. The van der Waals surface area contributed by atoms with Gasteiger partial charge < -0.3 is 0 Å². The van der Waals surface area contributed by atoms with Gasteiger partial charge in [-0.15, -0.1) is 0 Å². The highest BCUT2D eigenvalue weighted by molar-refractivity contribution is 9.10. The van der Waals surface area contributed by atoms with Crippen molar-refractivity contribution >= 4 is 15.9 Å². The average molecular weight is 265 g/mol. The lowest BCUT2D eigenvalue weighted by Crippen LogP contribution is -2.25. The third kappa shape index (κ3) is 1.56. The largest absolute Gasteiger partial charge is 0.0576 e. The summed E-state index contributed by atoms with van der Waals surface area (Å²) < 4.78 is 1.26. The lowest BCUT2D eigenvalue weighted by Gasteiger charge is -2.34. The summed E-state index contributed by atoms with van der Waals surface area (Å²) in [5, 5.41) is 0. The van der Waals surface area contributed by atoms with Crippen molar-refractivity contribution in [2.75, 3.05) is 0 Å². The summed E-state index contributed by atoms with van der Waals surface area (Å²) in [5.74, 6) is 0. The van der Waals surface area contributed by atoms with Gasteiger partial charge in [-0.25, -0.2) is 0 Å². The summed E-state index contributed by atoms with van der Waals surface area (Å²) in [7, 11) is 0. The fraction of sp³-hybridized carbons (Fsp3) is 0.571. The molecule has 1 aromatic rings. The molecule has 0 amide bonds. The van der Waals surface area contributed by atoms with E-state index in [0.29, 0.717) is 5.41 Å². The molecule has 3 rings (SSSR count). The van der Waals surface area contributed by atoms with Gasteiger partial charge in [0.2, 0.25) is 0 Å². The van der Waals surface area contributed by atoms with Gasteiger partial charge in [-0.05, 0) is 54.4 Å². The van der Waals surface area contributed by atoms with E-state index < -0.39 is 0 Å². The minimum atomic E-state index is 0.567. The van der Waals surface area contributed by atoms with Crippen LogP contribution >= 0.6 is 15.9 Å². The summed E-state index contributed by atoms with van der Waals surface area (Å²) in [4.78, 5) is 0. The predicted octanol–water partition coefficient (Wildman–Crippen LogP) is 4.60. The van der Waals surface area contributed by atoms with Crippen molar-refractivity contribution in [3.63, 3.8) is 0 Å². The normalized spacial score (nSPS) is 23.0. The van der Waals surface area contributed by atoms with Gasteiger partial charge >= 0.3 is 0 Å². The van der Waals surface area contributed by atoms with Gasteiger partial charge in [-0.1, -0.05) is 41.3 Å². The summed E-state index contributed by atoms with van der Waals surface area (Å²) >= 11 is 3.61. The van der Waals surface area contributed by atoms with Crippen LogP contribution in [0.15, 0.2) is 22.7 Å². The number of rotatable bonds is 0. The second kappa shape index (κ2) is 3.62. The summed E-state index contributed by atoms with van der Waals surface area (Å²) in [6.07, 6.45) is 9.89. The number of aryl methyl sites for hydroxylation is 1. The quantitative estimate of drug-likeness (QED) is 0.643. The van der Waals surface area contributed by atoms with E-state index in [9.17, 15) is 0 Å². The summed E-state index contributed by atoms with van der Waals surface area (Å²) in [6, 6.07) is 6.90. The van der Waals surface area contributed by atoms with E-state index in [0.717, 1.165) is 0 Å². The van der Waals surface area contributed by atoms with E-state index in [-0.39, 0.29) is 0 Å². The molecule has 1 aromatic carbocycles. The Hall–Kier alpha value is -0.300. The topological polar surface area (TPSA) is 0 Å². The molecule has 1 fully saturated rings. The van der Waals surface area contributed by atoms with Gasteiger partial charge in [0.1, 0.15) is 0 Å². The molecule has 0 aromatic heterocycles. The maximum atomic E-state index is 3.61. The lowest BCUT2D eigenvalue weighted by atomic mass is 9.70. The first kappa shape index (κ1) is 9.89. The van der Waals surface area contributed by atoms with Gasteiger partial charge in [0.25, 0.3) is 0 Å². The van der Waals surface area contributed by atoms with Crippen LogP contribution in [0.1, 0.15) is 49.7 Å². The van der Waals surface area contributed by atoms with E-state index in [4.69, 9.17) is 0 Å². The monoisotopic (exact) mass is 264 g/mol. The van der Waals surface area contributed by atoms with Gasteiger partial charge in [-0.2, -0.15) is 0 Å². The molecule has 0 bridgehead atoms. The van der Waals surface area contributed by atoms with Crippen LogP contribution in [-0.4, -0.2) is 0 Å². The SMILES string of the molecule is Brc1ccc2c(c1)C1(CCCCC1)CC2. The van der Waals surface area contributed by atoms with E-state index in [2.05, 4.69) is 34.1 Å². The molecule has 2 aliphatic carbocycles. The molecule has 0 N–H and O–H groups in total. The standard InChI is InChI=1S/C14H17Br/c15-12-5-4-11-6-9-14(13(11)10-12)7-2-1-3-8-14/h4-5,10H,1-3,6-9H2. The van der Waals surface area contributed by atoms with E-state index in [1.807, 2.05) is 0 Å². The Morgan fingerprint density at radius 3 is 2.60 bits per heavy atom. The van der Waals surface area contributed by atoms with Crippen LogP contribution in [-0.2, 0) is 11.8 Å². The van der Waals surface area contributed by atoms with E-state index in [1.165, 1.54) is 49.4 Å². The van der Waals surface area contributed by atoms with Crippen LogP contribution in [0.3, 0.4) is 0 Å². The molecular weight excluding hydrogens is 248 g/mol. The third-order valence-electron chi connectivity index (χ3n) is 4.33. The van der Waals surface area contributed by atoms with Crippen LogP contribution in [0.2, 0.25) is 0 Å². The zero-order chi connectivity index (χ0) is 10.3. The van der Waals surface area contributed by atoms with Crippen molar-refractivity contribution in [3.8, 4) is 0 Å². The van der Waals surface area contributed by atoms with Gasteiger partial charge in [-0.3, -0.25) is 0 Å². The Morgan fingerprint density at radius 2 is 1.80 bits per heavy atom. The zero-order valence-corrected chi connectivity index (χ0v) is 10.6. The molecule has 0 atom stereocenters. The first-order valence-corrected chi connectivity index (χ1v) is 6.88. The van der Waals surface area contributed by atoms with Gasteiger partial charge in [0.15, 0.2) is 0 Å². The third-order valence-corrected chi connectivity index (χ3v) is 4.82. The molecule has 15 heavy (non-hydrogen) atoms. The lowest BCUT2D eigenvalue weighted by molar-refractivity contribution is 0.292. The minimum Gasteiger partial charge on any atom is -0.0576 e. The van der Waals surface area contributed by atoms with Crippen molar-refractivity contribution in [2.24, 2.45) is 0 Å². The van der Waals surface area contributed by atoms with Crippen LogP contribution in [0, 0.1) is 0 Å². The Morgan fingerprint density at radius 1 is 1.00 bits per heavy atom. The zero-order valence-electron chi connectivity index (χ0n) is 9.06. The van der Waals surface area contributed by atoms with Crippen molar-refractivity contribution < 1.29 is 0 Å². The Kier molecular flexibility index (Phi) is 2.39. The first-order chi connectivity index (χ1) is 7.30. The number of hydrogen-bond acceptors (Lipinski definition) is 0. The van der Waals surface area contributed by atoms with Crippen molar-refractivity contribution in [1.29, 1.82) is 0 Å². The smallest absolute Gasteiger partial charge is 0.0178 e. The van der Waals surface area contributed by atoms with Crippen LogP contribution in [0.25, 0.3) is 0 Å². The maximum Gasteiger partial charge on any atom is 0.0178 e. The second-order valence-corrected chi connectivity index (χ2v) is 6.06. The average Bonchev–Trinajstić information content (AvgIpc) is 2.59.